The standard InChI is InChI=1S/C21H24N4O4S/c1-4-12-30(28,29)24-18-11-7-10-17(14(18)2)23-20(26)13-25-15(3)22-19-9-6-5-8-16(19)21(25)27/h5-11,24H,4,12-13H2,1-3H3,(H,23,26). The van der Waals surface area contributed by atoms with Crippen molar-refractivity contribution in [2.75, 3.05) is 15.8 Å². The Balaban J connectivity index is 1.83. The minimum Gasteiger partial charge on any atom is -0.324 e. The van der Waals surface area contributed by atoms with Gasteiger partial charge in [0, 0.05) is 5.69 Å². The van der Waals surface area contributed by atoms with Crippen LogP contribution in [0.4, 0.5) is 11.4 Å². The van der Waals surface area contributed by atoms with Crippen molar-refractivity contribution in [3.05, 3.63) is 64.2 Å². The average Bonchev–Trinajstić information content (AvgIpc) is 2.68. The zero-order valence-corrected chi connectivity index (χ0v) is 17.9. The Kier molecular flexibility index (Phi) is 6.21. The second-order valence-electron chi connectivity index (χ2n) is 7.01. The van der Waals surface area contributed by atoms with Gasteiger partial charge in [-0.25, -0.2) is 13.4 Å². The number of fused-ring (bicyclic) bond motifs is 1. The van der Waals surface area contributed by atoms with Gasteiger partial charge in [0.2, 0.25) is 15.9 Å². The van der Waals surface area contributed by atoms with Crippen LogP contribution < -0.4 is 15.6 Å². The molecule has 0 aliphatic carbocycles. The summed E-state index contributed by atoms with van der Waals surface area (Å²) >= 11 is 0. The van der Waals surface area contributed by atoms with E-state index in [9.17, 15) is 18.0 Å². The molecular weight excluding hydrogens is 404 g/mol. The van der Waals surface area contributed by atoms with E-state index in [0.29, 0.717) is 40.1 Å². The summed E-state index contributed by atoms with van der Waals surface area (Å²) in [6, 6.07) is 12.0. The first-order valence-corrected chi connectivity index (χ1v) is 11.2. The van der Waals surface area contributed by atoms with E-state index >= 15 is 0 Å². The van der Waals surface area contributed by atoms with Crippen molar-refractivity contribution in [2.24, 2.45) is 0 Å². The van der Waals surface area contributed by atoms with E-state index in [4.69, 9.17) is 0 Å². The SMILES string of the molecule is CCCS(=O)(=O)Nc1cccc(NC(=O)Cn2c(C)nc3ccccc3c2=O)c1C. The highest BCUT2D eigenvalue weighted by molar-refractivity contribution is 7.92. The fourth-order valence-corrected chi connectivity index (χ4v) is 4.36. The molecule has 9 heteroatoms. The predicted octanol–water partition coefficient (Wildman–Crippen LogP) is 2.80. The van der Waals surface area contributed by atoms with Gasteiger partial charge in [0.1, 0.15) is 12.4 Å². The third-order valence-electron chi connectivity index (χ3n) is 4.70. The zero-order valence-electron chi connectivity index (χ0n) is 17.1. The van der Waals surface area contributed by atoms with Crippen LogP contribution >= 0.6 is 0 Å². The van der Waals surface area contributed by atoms with Crippen LogP contribution in [0.25, 0.3) is 10.9 Å². The molecule has 0 saturated heterocycles. The molecule has 1 heterocycles. The quantitative estimate of drug-likeness (QED) is 0.601. The first-order valence-electron chi connectivity index (χ1n) is 9.58. The third kappa shape index (κ3) is 4.68. The minimum absolute atomic E-state index is 0.0141. The van der Waals surface area contributed by atoms with Gasteiger partial charge in [-0.05, 0) is 50.1 Å². The Morgan fingerprint density at radius 3 is 2.50 bits per heavy atom. The average molecular weight is 429 g/mol. The lowest BCUT2D eigenvalue weighted by Crippen LogP contribution is -2.30. The van der Waals surface area contributed by atoms with Gasteiger partial charge in [-0.15, -0.1) is 0 Å². The minimum atomic E-state index is -3.45. The number of hydrogen-bond acceptors (Lipinski definition) is 5. The molecule has 0 fully saturated rings. The molecule has 0 saturated carbocycles. The van der Waals surface area contributed by atoms with Crippen LogP contribution in [0, 0.1) is 13.8 Å². The van der Waals surface area contributed by atoms with Crippen molar-refractivity contribution in [3.8, 4) is 0 Å². The molecule has 2 aromatic carbocycles. The predicted molar refractivity (Wildman–Crippen MR) is 118 cm³/mol. The molecule has 30 heavy (non-hydrogen) atoms. The normalized spacial score (nSPS) is 11.4. The number of nitrogens with one attached hydrogen (secondary N) is 2. The summed E-state index contributed by atoms with van der Waals surface area (Å²) in [5.41, 5.74) is 1.76. The molecule has 0 aliphatic rings. The van der Waals surface area contributed by atoms with Crippen LogP contribution in [0.15, 0.2) is 47.3 Å². The molecule has 0 radical (unpaired) electrons. The Bertz CT molecular complexity index is 1270. The fourth-order valence-electron chi connectivity index (χ4n) is 3.17. The van der Waals surface area contributed by atoms with E-state index in [-0.39, 0.29) is 17.9 Å². The maximum absolute atomic E-state index is 12.7. The molecule has 2 N–H and O–H groups in total. The van der Waals surface area contributed by atoms with Crippen LogP contribution in [0.2, 0.25) is 0 Å². The molecule has 1 aromatic heterocycles. The second kappa shape index (κ2) is 8.66. The highest BCUT2D eigenvalue weighted by Crippen LogP contribution is 2.24. The summed E-state index contributed by atoms with van der Waals surface area (Å²) in [4.78, 5) is 29.8. The number of aryl methyl sites for hydroxylation is 1. The van der Waals surface area contributed by atoms with Crippen molar-refractivity contribution in [2.45, 2.75) is 33.7 Å². The van der Waals surface area contributed by atoms with Gasteiger partial charge in [0.15, 0.2) is 0 Å². The van der Waals surface area contributed by atoms with E-state index in [1.807, 2.05) is 0 Å². The Morgan fingerprint density at radius 2 is 1.77 bits per heavy atom. The van der Waals surface area contributed by atoms with Gasteiger partial charge in [0.25, 0.3) is 5.56 Å². The summed E-state index contributed by atoms with van der Waals surface area (Å²) in [5.74, 6) is 0.0424. The molecule has 0 bridgehead atoms. The van der Waals surface area contributed by atoms with Crippen LogP contribution in [-0.4, -0.2) is 29.6 Å². The van der Waals surface area contributed by atoms with E-state index < -0.39 is 15.9 Å². The fraction of sp³-hybridized carbons (Fsp3) is 0.286. The second-order valence-corrected chi connectivity index (χ2v) is 8.86. The van der Waals surface area contributed by atoms with Gasteiger partial charge in [-0.3, -0.25) is 18.9 Å². The van der Waals surface area contributed by atoms with Crippen molar-refractivity contribution < 1.29 is 13.2 Å². The number of amides is 1. The maximum Gasteiger partial charge on any atom is 0.261 e. The molecule has 158 valence electrons. The maximum atomic E-state index is 12.7. The van der Waals surface area contributed by atoms with Crippen LogP contribution in [0.3, 0.4) is 0 Å². The molecule has 0 spiro atoms. The van der Waals surface area contributed by atoms with Crippen LogP contribution in [0.1, 0.15) is 24.7 Å². The number of aromatic nitrogens is 2. The number of sulfonamides is 1. The van der Waals surface area contributed by atoms with E-state index in [1.54, 1.807) is 63.2 Å². The van der Waals surface area contributed by atoms with Gasteiger partial charge < -0.3 is 5.32 Å². The van der Waals surface area contributed by atoms with E-state index in [0.717, 1.165) is 0 Å². The Labute approximate surface area is 175 Å². The van der Waals surface area contributed by atoms with Gasteiger partial charge in [-0.1, -0.05) is 25.1 Å². The Hall–Kier alpha value is -3.20. The summed E-state index contributed by atoms with van der Waals surface area (Å²) < 4.78 is 28.0. The van der Waals surface area contributed by atoms with Crippen molar-refractivity contribution in [3.63, 3.8) is 0 Å². The van der Waals surface area contributed by atoms with Crippen molar-refractivity contribution in [1.82, 2.24) is 9.55 Å². The summed E-state index contributed by atoms with van der Waals surface area (Å²) in [5, 5.41) is 3.20. The molecule has 1 amide bonds. The molecule has 3 rings (SSSR count). The molecule has 0 unspecified atom stereocenters. The van der Waals surface area contributed by atoms with Gasteiger partial charge in [0.05, 0.1) is 22.3 Å². The molecule has 3 aromatic rings. The van der Waals surface area contributed by atoms with Gasteiger partial charge in [-0.2, -0.15) is 0 Å². The smallest absolute Gasteiger partial charge is 0.261 e. The number of anilines is 2. The highest BCUT2D eigenvalue weighted by atomic mass is 32.2. The monoisotopic (exact) mass is 428 g/mol. The largest absolute Gasteiger partial charge is 0.324 e. The Morgan fingerprint density at radius 1 is 1.07 bits per heavy atom. The van der Waals surface area contributed by atoms with Gasteiger partial charge >= 0.3 is 0 Å². The first-order chi connectivity index (χ1) is 14.2. The number of hydrogen-bond donors (Lipinski definition) is 2. The van der Waals surface area contributed by atoms with Crippen molar-refractivity contribution >= 4 is 38.2 Å². The molecular formula is C21H24N4O4S. The first kappa shape index (κ1) is 21.5. The number of carbonyl (C=O) groups is 1. The number of para-hydroxylation sites is 1. The molecule has 0 atom stereocenters. The summed E-state index contributed by atoms with van der Waals surface area (Å²) in [6.07, 6.45) is 0.499. The summed E-state index contributed by atoms with van der Waals surface area (Å²) in [7, 11) is -3.45. The number of carbonyl (C=O) groups excluding carboxylic acids is 1. The number of nitrogens with zero attached hydrogens (tertiary/aromatic N) is 2. The summed E-state index contributed by atoms with van der Waals surface area (Å²) in [6.45, 7) is 4.98. The van der Waals surface area contributed by atoms with Crippen LogP contribution in [0.5, 0.6) is 0 Å². The molecule has 0 aliphatic heterocycles. The lowest BCUT2D eigenvalue weighted by Gasteiger charge is -2.15. The highest BCUT2D eigenvalue weighted by Gasteiger charge is 2.15. The van der Waals surface area contributed by atoms with E-state index in [2.05, 4.69) is 15.0 Å². The van der Waals surface area contributed by atoms with Crippen LogP contribution in [-0.2, 0) is 21.4 Å². The topological polar surface area (TPSA) is 110 Å². The lowest BCUT2D eigenvalue weighted by atomic mass is 10.1. The third-order valence-corrected chi connectivity index (χ3v) is 6.18. The zero-order chi connectivity index (χ0) is 21.9. The molecule has 8 nitrogen and oxygen atoms in total. The number of rotatable bonds is 7. The lowest BCUT2D eigenvalue weighted by molar-refractivity contribution is -0.116. The van der Waals surface area contributed by atoms with Crippen molar-refractivity contribution in [1.29, 1.82) is 0 Å². The van der Waals surface area contributed by atoms with E-state index in [1.165, 1.54) is 4.57 Å². The number of benzene rings is 2.